The second kappa shape index (κ2) is 54.2. The van der Waals surface area contributed by atoms with E-state index < -0.39 is 95.3 Å². The number of nitro groups is 4. The van der Waals surface area contributed by atoms with Crippen molar-refractivity contribution in [2.75, 3.05) is 211 Å². The number of nitro benzene ring substituents is 4. The molecule has 0 fully saturated rings. The van der Waals surface area contributed by atoms with Crippen LogP contribution in [0.5, 0.6) is 40.2 Å². The SMILES string of the molecule is C=CC(=O)Nc1cc(NC(=O)OC(C)(C)C)c(OC)cc1N(C)CCN(C)C.COc1cc(F)c([N+](=O)[O-])cc1N.COc1cc(F)c([N+](=O)[O-])cc1NC(=O)OC(C)(C)C.COc1cc(F)ccc1N.COc1cc(F)ccc1[N+](=O)[O-].COc1cc(N(C)CCN(C)C)c(N)cc1NC(=O)OC(C)(C)C.COc1cc(N(C)CCN(C)C)c([N+](=O)[O-])cc1NC(=O)OC(C)(C)C. The Bertz CT molecular complexity index is 5090. The lowest BCUT2D eigenvalue weighted by atomic mass is 10.2. The van der Waals surface area contributed by atoms with Gasteiger partial charge in [0, 0.05) is 127 Å². The quantitative estimate of drug-likeness (QED) is 0.00539. The summed E-state index contributed by atoms with van der Waals surface area (Å²) in [7, 11) is 27.3. The van der Waals surface area contributed by atoms with Crippen LogP contribution < -0.4 is 91.6 Å². The summed E-state index contributed by atoms with van der Waals surface area (Å²) in [6.07, 6.45) is -1.50. The Balaban J connectivity index is 0.000000795. The first-order chi connectivity index (χ1) is 61.5. The molecule has 0 saturated carbocycles. The monoisotopic (exact) mass is 1880 g/mol. The molecule has 133 heavy (non-hydrogen) atoms. The zero-order chi connectivity index (χ0) is 102. The Morgan fingerprint density at radius 1 is 0.338 bits per heavy atom. The first-order valence-corrected chi connectivity index (χ1v) is 40.0. The number of nitrogen functional groups attached to an aromatic ring is 3. The molecule has 0 aliphatic carbocycles. The van der Waals surface area contributed by atoms with Crippen molar-refractivity contribution in [3.63, 3.8) is 0 Å². The molecule has 0 aliphatic rings. The third-order valence-electron chi connectivity index (χ3n) is 16.5. The number of hydrogen-bond acceptors (Lipinski definition) is 33. The zero-order valence-electron chi connectivity index (χ0n) is 80.3. The van der Waals surface area contributed by atoms with Crippen molar-refractivity contribution in [1.82, 2.24) is 14.7 Å². The van der Waals surface area contributed by atoms with Gasteiger partial charge in [0.2, 0.25) is 17.5 Å². The molecule has 7 rings (SSSR count). The van der Waals surface area contributed by atoms with Gasteiger partial charge >= 0.3 is 41.4 Å². The summed E-state index contributed by atoms with van der Waals surface area (Å²) in [5.41, 5.74) is 17.1. The van der Waals surface area contributed by atoms with E-state index in [1.54, 1.807) is 126 Å². The summed E-state index contributed by atoms with van der Waals surface area (Å²) < 4.78 is 107. The van der Waals surface area contributed by atoms with Gasteiger partial charge in [-0.25, -0.2) is 28.0 Å². The van der Waals surface area contributed by atoms with E-state index in [4.69, 9.17) is 59.8 Å². The summed E-state index contributed by atoms with van der Waals surface area (Å²) in [4.78, 5) is 111. The van der Waals surface area contributed by atoms with E-state index in [1.807, 2.05) is 72.2 Å². The van der Waals surface area contributed by atoms with E-state index in [2.05, 4.69) is 57.3 Å². The van der Waals surface area contributed by atoms with Crippen LogP contribution in [0, 0.1) is 63.7 Å². The second-order valence-electron chi connectivity index (χ2n) is 32.9. The first-order valence-electron chi connectivity index (χ1n) is 40.0. The minimum Gasteiger partial charge on any atom is -0.494 e. The van der Waals surface area contributed by atoms with E-state index in [9.17, 15) is 82.0 Å². The highest BCUT2D eigenvalue weighted by atomic mass is 19.1. The van der Waals surface area contributed by atoms with Gasteiger partial charge in [0.15, 0.2) is 5.75 Å². The number of rotatable bonds is 29. The number of halogens is 4. The summed E-state index contributed by atoms with van der Waals surface area (Å²) in [5.74, 6) is -1.62. The van der Waals surface area contributed by atoms with Crippen molar-refractivity contribution in [2.45, 2.75) is 105 Å². The van der Waals surface area contributed by atoms with Crippen molar-refractivity contribution in [3.05, 3.63) is 173 Å². The number of nitrogens with two attached hydrogens (primary N) is 3. The maximum atomic E-state index is 13.4. The van der Waals surface area contributed by atoms with E-state index in [-0.39, 0.29) is 57.4 Å². The predicted octanol–water partition coefficient (Wildman–Crippen LogP) is 16.3. The van der Waals surface area contributed by atoms with Gasteiger partial charge in [0.1, 0.15) is 74.2 Å². The molecule has 7 aromatic carbocycles. The lowest BCUT2D eigenvalue weighted by molar-refractivity contribution is -0.387. The number of carbonyl (C=O) groups is 5. The third kappa shape index (κ3) is 43.1. The molecule has 0 atom stereocenters. The van der Waals surface area contributed by atoms with Gasteiger partial charge in [-0.05, 0) is 162 Å². The van der Waals surface area contributed by atoms with Crippen molar-refractivity contribution in [2.24, 2.45) is 0 Å². The Kier molecular flexibility index (Phi) is 47.4. The molecule has 42 nitrogen and oxygen atoms in total. The molecule has 7 aromatic rings. The summed E-state index contributed by atoms with van der Waals surface area (Å²) >= 11 is 0. The van der Waals surface area contributed by atoms with E-state index in [1.165, 1.54) is 73.0 Å². The fourth-order valence-corrected chi connectivity index (χ4v) is 10.3. The van der Waals surface area contributed by atoms with Crippen LogP contribution in [0.3, 0.4) is 0 Å². The van der Waals surface area contributed by atoms with Crippen molar-refractivity contribution in [3.8, 4) is 40.2 Å². The van der Waals surface area contributed by atoms with E-state index in [0.29, 0.717) is 63.7 Å². The fourth-order valence-electron chi connectivity index (χ4n) is 10.3. The molecular weight excluding hydrogens is 1760 g/mol. The van der Waals surface area contributed by atoms with E-state index in [0.717, 1.165) is 86.6 Å². The van der Waals surface area contributed by atoms with Crippen LogP contribution in [0.25, 0.3) is 0 Å². The number of nitrogens with zero attached hydrogens (tertiary/aromatic N) is 10. The topological polar surface area (TPSA) is 517 Å². The maximum absolute atomic E-state index is 13.4. The average Bonchev–Trinajstić information content (AvgIpc) is 0.807. The summed E-state index contributed by atoms with van der Waals surface area (Å²) in [6.45, 7) is 29.0. The molecule has 0 unspecified atom stereocenters. The van der Waals surface area contributed by atoms with Crippen LogP contribution in [0.4, 0.5) is 122 Å². The molecule has 5 amide bonds. The molecule has 0 aliphatic heterocycles. The molecular formula is C87H126F4N18O24. The minimum absolute atomic E-state index is 0.0376. The van der Waals surface area contributed by atoms with Gasteiger partial charge in [0.05, 0.1) is 126 Å². The normalized spacial score (nSPS) is 10.7. The largest absolute Gasteiger partial charge is 0.494 e. The number of hydrogen-bond donors (Lipinski definition) is 8. The Labute approximate surface area is 770 Å². The number of amides is 5. The minimum atomic E-state index is -1.05. The highest BCUT2D eigenvalue weighted by molar-refractivity contribution is 6.03. The van der Waals surface area contributed by atoms with Crippen LogP contribution in [-0.2, 0) is 23.7 Å². The summed E-state index contributed by atoms with van der Waals surface area (Å²) in [6, 6.07) is 20.3. The van der Waals surface area contributed by atoms with Crippen LogP contribution >= 0.6 is 0 Å². The zero-order valence-corrected chi connectivity index (χ0v) is 80.3. The Morgan fingerprint density at radius 2 is 0.632 bits per heavy atom. The van der Waals surface area contributed by atoms with Gasteiger partial charge in [-0.3, -0.25) is 66.5 Å². The molecule has 0 radical (unpaired) electrons. The van der Waals surface area contributed by atoms with E-state index >= 15 is 0 Å². The van der Waals surface area contributed by atoms with Crippen molar-refractivity contribution in [1.29, 1.82) is 0 Å². The van der Waals surface area contributed by atoms with Crippen LogP contribution in [0.1, 0.15) is 83.1 Å². The number of benzene rings is 7. The standard InChI is InChI=1S/C20H32N4O4.C17H28N4O5.C17H30N4O3.C12H15FN2O5.C7H7FN2O3.C7H6FNO3.C7H8FNO/c1-9-18(25)21-14-12-15(22-19(26)28-20(2,3)4)17(27-8)13-16(14)24(7)11-10-23(5)6;1-17(2,3)26-16(22)18-12-10-14(21(23)24)13(11-15(12)25-7)20(6)9-8-19(4)5;1-17(2,3)24-16(22)19-13-10-12(18)14(11-15(13)23-7)21(6)9-8-20(4)5;1-12(2,3)20-11(16)14-8-6-9(15(17)18)7(13)5-10(8)19-4;1-13-7-2-4(8)6(10(11)12)3-5(7)9;1-12-7-4-5(8)2-3-6(7)9(10)11;1-10-7-4-5(8)2-3-6(7)9/h9,12-13H,1,10-11H2,2-8H3,(H,21,25)(H,22,26);10-11H,8-9H2,1-7H3,(H,18,22);10-11H,8-9,18H2,1-7H3,(H,19,22);5-6H,1-4H3,(H,14,16);2-3H,9H2,1H3;2-4H,1H3;2-4H,9H2,1H3. The number of ether oxygens (including phenoxy) is 11. The van der Waals surface area contributed by atoms with Gasteiger partial charge in [-0.15, -0.1) is 0 Å². The van der Waals surface area contributed by atoms with Crippen molar-refractivity contribution < 1.29 is 113 Å². The molecule has 0 saturated heterocycles. The molecule has 0 aromatic heterocycles. The number of carbonyl (C=O) groups excluding carboxylic acids is 5. The fraction of sp³-hybridized carbons (Fsp3) is 0.437. The van der Waals surface area contributed by atoms with Crippen LogP contribution in [-0.4, -0.2) is 240 Å². The number of likely N-dealkylation sites (N-methyl/N-ethyl adjacent to an activating group) is 6. The molecule has 0 spiro atoms. The van der Waals surface area contributed by atoms with Crippen LogP contribution in [0.15, 0.2) is 110 Å². The predicted molar refractivity (Wildman–Crippen MR) is 504 cm³/mol. The van der Waals surface area contributed by atoms with Gasteiger partial charge < -0.3 is 104 Å². The molecule has 46 heteroatoms. The lowest BCUT2D eigenvalue weighted by Crippen LogP contribution is -2.29. The smallest absolute Gasteiger partial charge is 0.412 e. The molecule has 11 N–H and O–H groups in total. The molecule has 0 bridgehead atoms. The molecule has 0 heterocycles. The average molecular weight is 1880 g/mol. The lowest BCUT2D eigenvalue weighted by Gasteiger charge is -2.26. The first kappa shape index (κ1) is 116. The highest BCUT2D eigenvalue weighted by Crippen LogP contribution is 2.41. The Hall–Kier alpha value is -14.6. The van der Waals surface area contributed by atoms with Gasteiger partial charge in [-0.2, -0.15) is 8.78 Å². The van der Waals surface area contributed by atoms with Crippen molar-refractivity contribution >= 4 is 116 Å². The van der Waals surface area contributed by atoms with Gasteiger partial charge in [-0.1, -0.05) is 6.58 Å². The Morgan fingerprint density at radius 3 is 0.977 bits per heavy atom. The summed E-state index contributed by atoms with van der Waals surface area (Å²) in [5, 5.41) is 55.7. The second-order valence-corrected chi connectivity index (χ2v) is 32.9. The van der Waals surface area contributed by atoms with Crippen LogP contribution in [0.2, 0.25) is 0 Å². The third-order valence-corrected chi connectivity index (χ3v) is 16.5. The highest BCUT2D eigenvalue weighted by Gasteiger charge is 2.29. The van der Waals surface area contributed by atoms with Gasteiger partial charge in [0.25, 0.3) is 5.69 Å². The number of anilines is 11. The maximum Gasteiger partial charge on any atom is 0.412 e. The molecule has 736 valence electrons. The number of methoxy groups -OCH3 is 7. The number of nitrogens with one attached hydrogen (secondary N) is 5.